The molecule has 0 aliphatic heterocycles. The smallest absolute Gasteiger partial charge is 0.0593 e. The molecule has 104 valence electrons. The quantitative estimate of drug-likeness (QED) is 0.548. The van der Waals surface area contributed by atoms with Gasteiger partial charge in [-0.1, -0.05) is 27.7 Å². The maximum atomic E-state index is 5.65. The summed E-state index contributed by atoms with van der Waals surface area (Å²) in [5, 5.41) is 0. The first-order valence-corrected chi connectivity index (χ1v) is 6.86. The standard InChI is InChI=1S/C14H32N2O/c1-13(2)11-15(5)7-9-17-10-8-16(6)12-14(3)4/h13-14H,7-12H2,1-6H3. The largest absolute Gasteiger partial charge is 0.379 e. The van der Waals surface area contributed by atoms with Gasteiger partial charge in [0, 0.05) is 26.2 Å². The molecule has 0 saturated carbocycles. The lowest BCUT2D eigenvalue weighted by molar-refractivity contribution is 0.0896. The summed E-state index contributed by atoms with van der Waals surface area (Å²) in [6.45, 7) is 15.1. The van der Waals surface area contributed by atoms with Crippen LogP contribution >= 0.6 is 0 Å². The molecule has 0 aliphatic carbocycles. The van der Waals surface area contributed by atoms with Gasteiger partial charge in [-0.25, -0.2) is 0 Å². The fourth-order valence-corrected chi connectivity index (χ4v) is 1.97. The molecule has 0 fully saturated rings. The lowest BCUT2D eigenvalue weighted by Gasteiger charge is -2.20. The third kappa shape index (κ3) is 12.1. The Bertz CT molecular complexity index is 154. The van der Waals surface area contributed by atoms with Gasteiger partial charge in [-0.15, -0.1) is 0 Å². The fraction of sp³-hybridized carbons (Fsp3) is 1.00. The number of hydrogen-bond acceptors (Lipinski definition) is 3. The molecule has 17 heavy (non-hydrogen) atoms. The highest BCUT2D eigenvalue weighted by atomic mass is 16.5. The molecule has 0 spiro atoms. The summed E-state index contributed by atoms with van der Waals surface area (Å²) >= 11 is 0. The van der Waals surface area contributed by atoms with Gasteiger partial charge in [0.2, 0.25) is 0 Å². The van der Waals surface area contributed by atoms with E-state index in [0.29, 0.717) is 0 Å². The highest BCUT2D eigenvalue weighted by Crippen LogP contribution is 1.96. The van der Waals surface area contributed by atoms with Crippen molar-refractivity contribution < 1.29 is 4.74 Å². The van der Waals surface area contributed by atoms with Crippen molar-refractivity contribution in [3.8, 4) is 0 Å². The molecule has 0 atom stereocenters. The molecule has 0 bridgehead atoms. The molecule has 0 N–H and O–H groups in total. The first-order chi connectivity index (χ1) is 7.91. The lowest BCUT2D eigenvalue weighted by Crippen LogP contribution is -2.30. The molecule has 0 radical (unpaired) electrons. The second-order valence-corrected chi connectivity index (χ2v) is 5.92. The Morgan fingerprint density at radius 1 is 0.765 bits per heavy atom. The van der Waals surface area contributed by atoms with E-state index >= 15 is 0 Å². The Kier molecular flexibility index (Phi) is 9.79. The van der Waals surface area contributed by atoms with E-state index in [1.54, 1.807) is 0 Å². The summed E-state index contributed by atoms with van der Waals surface area (Å²) in [5.41, 5.74) is 0. The first-order valence-electron chi connectivity index (χ1n) is 6.86. The molecule has 0 aromatic carbocycles. The Morgan fingerprint density at radius 3 is 1.41 bits per heavy atom. The number of nitrogens with zero attached hydrogens (tertiary/aromatic N) is 2. The normalized spacial score (nSPS) is 12.4. The maximum Gasteiger partial charge on any atom is 0.0593 e. The van der Waals surface area contributed by atoms with Crippen molar-refractivity contribution in [1.29, 1.82) is 0 Å². The molecular formula is C14H32N2O. The average molecular weight is 244 g/mol. The van der Waals surface area contributed by atoms with Crippen LogP contribution in [0.25, 0.3) is 0 Å². The zero-order valence-electron chi connectivity index (χ0n) is 12.7. The van der Waals surface area contributed by atoms with Crippen molar-refractivity contribution in [2.24, 2.45) is 11.8 Å². The van der Waals surface area contributed by atoms with Crippen LogP contribution in [-0.4, -0.2) is 63.3 Å². The van der Waals surface area contributed by atoms with Crippen molar-refractivity contribution in [2.75, 3.05) is 53.5 Å². The van der Waals surface area contributed by atoms with Gasteiger partial charge < -0.3 is 14.5 Å². The molecule has 0 saturated heterocycles. The zero-order chi connectivity index (χ0) is 13.3. The minimum Gasteiger partial charge on any atom is -0.379 e. The molecule has 0 aromatic heterocycles. The van der Waals surface area contributed by atoms with E-state index in [0.717, 1.165) is 51.2 Å². The molecular weight excluding hydrogens is 212 g/mol. The van der Waals surface area contributed by atoms with Crippen LogP contribution in [0, 0.1) is 11.8 Å². The fourth-order valence-electron chi connectivity index (χ4n) is 1.97. The predicted octanol–water partition coefficient (Wildman–Crippen LogP) is 2.18. The van der Waals surface area contributed by atoms with E-state index in [1.165, 1.54) is 0 Å². The minimum atomic E-state index is 0.733. The van der Waals surface area contributed by atoms with Gasteiger partial charge in [0.1, 0.15) is 0 Å². The predicted molar refractivity (Wildman–Crippen MR) is 75.5 cm³/mol. The van der Waals surface area contributed by atoms with E-state index in [4.69, 9.17) is 4.74 Å². The molecule has 0 rings (SSSR count). The number of hydrogen-bond donors (Lipinski definition) is 0. The van der Waals surface area contributed by atoms with E-state index in [2.05, 4.69) is 51.6 Å². The van der Waals surface area contributed by atoms with E-state index < -0.39 is 0 Å². The van der Waals surface area contributed by atoms with Crippen molar-refractivity contribution in [3.63, 3.8) is 0 Å². The summed E-state index contributed by atoms with van der Waals surface area (Å²) in [6.07, 6.45) is 0. The van der Waals surface area contributed by atoms with Gasteiger partial charge in [-0.2, -0.15) is 0 Å². The van der Waals surface area contributed by atoms with Crippen LogP contribution in [0.2, 0.25) is 0 Å². The summed E-state index contributed by atoms with van der Waals surface area (Å²) < 4.78 is 5.65. The molecule has 0 amide bonds. The maximum absolute atomic E-state index is 5.65. The zero-order valence-corrected chi connectivity index (χ0v) is 12.7. The minimum absolute atomic E-state index is 0.733. The molecule has 3 heteroatoms. The van der Waals surface area contributed by atoms with Crippen molar-refractivity contribution in [2.45, 2.75) is 27.7 Å². The van der Waals surface area contributed by atoms with Gasteiger partial charge in [0.15, 0.2) is 0 Å². The Morgan fingerprint density at radius 2 is 1.12 bits per heavy atom. The van der Waals surface area contributed by atoms with E-state index in [1.807, 2.05) is 0 Å². The lowest BCUT2D eigenvalue weighted by atomic mass is 10.2. The van der Waals surface area contributed by atoms with E-state index in [9.17, 15) is 0 Å². The highest BCUT2D eigenvalue weighted by Gasteiger charge is 2.03. The van der Waals surface area contributed by atoms with Crippen LogP contribution in [0.3, 0.4) is 0 Å². The second kappa shape index (κ2) is 9.86. The van der Waals surface area contributed by atoms with Crippen LogP contribution in [-0.2, 0) is 4.74 Å². The second-order valence-electron chi connectivity index (χ2n) is 5.92. The summed E-state index contributed by atoms with van der Waals surface area (Å²) in [7, 11) is 4.32. The SMILES string of the molecule is CC(C)CN(C)CCOCCN(C)CC(C)C. The van der Waals surface area contributed by atoms with Gasteiger partial charge in [-0.05, 0) is 25.9 Å². The Labute approximate surface area is 108 Å². The first kappa shape index (κ1) is 16.9. The van der Waals surface area contributed by atoms with Gasteiger partial charge in [0.05, 0.1) is 13.2 Å². The van der Waals surface area contributed by atoms with Crippen molar-refractivity contribution in [1.82, 2.24) is 9.80 Å². The summed E-state index contributed by atoms with van der Waals surface area (Å²) in [5.74, 6) is 1.47. The third-order valence-electron chi connectivity index (χ3n) is 2.59. The summed E-state index contributed by atoms with van der Waals surface area (Å²) in [6, 6.07) is 0. The molecule has 0 aromatic rings. The topological polar surface area (TPSA) is 15.7 Å². The van der Waals surface area contributed by atoms with Crippen LogP contribution in [0.1, 0.15) is 27.7 Å². The van der Waals surface area contributed by atoms with Crippen LogP contribution < -0.4 is 0 Å². The van der Waals surface area contributed by atoms with Gasteiger partial charge in [0.25, 0.3) is 0 Å². The number of ether oxygens (including phenoxy) is 1. The molecule has 0 aliphatic rings. The van der Waals surface area contributed by atoms with Crippen molar-refractivity contribution >= 4 is 0 Å². The molecule has 0 unspecified atom stereocenters. The molecule has 0 heterocycles. The number of likely N-dealkylation sites (N-methyl/N-ethyl adjacent to an activating group) is 2. The van der Waals surface area contributed by atoms with Crippen LogP contribution in [0.15, 0.2) is 0 Å². The molecule has 3 nitrogen and oxygen atoms in total. The third-order valence-corrected chi connectivity index (χ3v) is 2.59. The van der Waals surface area contributed by atoms with Crippen LogP contribution in [0.5, 0.6) is 0 Å². The monoisotopic (exact) mass is 244 g/mol. The van der Waals surface area contributed by atoms with Crippen LogP contribution in [0.4, 0.5) is 0 Å². The highest BCUT2D eigenvalue weighted by molar-refractivity contribution is 4.55. The van der Waals surface area contributed by atoms with E-state index in [-0.39, 0.29) is 0 Å². The van der Waals surface area contributed by atoms with Gasteiger partial charge in [-0.3, -0.25) is 0 Å². The van der Waals surface area contributed by atoms with Crippen molar-refractivity contribution in [3.05, 3.63) is 0 Å². The van der Waals surface area contributed by atoms with Gasteiger partial charge >= 0.3 is 0 Å². The summed E-state index contributed by atoms with van der Waals surface area (Å²) in [4.78, 5) is 4.67. The Balaban J connectivity index is 3.34. The average Bonchev–Trinajstić information content (AvgIpc) is 2.14. The Hall–Kier alpha value is -0.120. The number of rotatable bonds is 10.